The van der Waals surface area contributed by atoms with Crippen LogP contribution in [0.1, 0.15) is 44.5 Å². The van der Waals surface area contributed by atoms with Gasteiger partial charge in [0.05, 0.1) is 0 Å². The Hall–Kier alpha value is -6.76. The van der Waals surface area contributed by atoms with Crippen LogP contribution in [0, 0.1) is 0 Å². The monoisotopic (exact) mass is 712 g/mol. The summed E-state index contributed by atoms with van der Waals surface area (Å²) in [4.78, 5) is 0. The molecule has 4 aliphatic rings. The van der Waals surface area contributed by atoms with E-state index in [4.69, 9.17) is 0 Å². The zero-order valence-electron chi connectivity index (χ0n) is 31.3. The van der Waals surface area contributed by atoms with Crippen LogP contribution in [0.25, 0.3) is 88.9 Å². The maximum atomic E-state index is 2.32. The van der Waals surface area contributed by atoms with Crippen molar-refractivity contribution >= 4 is 88.9 Å². The van der Waals surface area contributed by atoms with Crippen LogP contribution in [0.4, 0.5) is 0 Å². The van der Waals surface area contributed by atoms with E-state index in [2.05, 4.69) is 194 Å². The predicted octanol–water partition coefficient (Wildman–Crippen LogP) is 14.8. The van der Waals surface area contributed by atoms with Crippen LogP contribution in [0.5, 0.6) is 0 Å². The summed E-state index contributed by atoms with van der Waals surface area (Å²) in [6.07, 6.45) is 13.7. The van der Waals surface area contributed by atoms with Gasteiger partial charge >= 0.3 is 0 Å². The van der Waals surface area contributed by atoms with E-state index >= 15 is 0 Å². The Bertz CT molecular complexity index is 3100. The van der Waals surface area contributed by atoms with Crippen LogP contribution in [-0.2, 0) is 25.7 Å². The second-order valence-corrected chi connectivity index (χ2v) is 15.4. The Morgan fingerprint density at radius 1 is 0.250 bits per heavy atom. The van der Waals surface area contributed by atoms with E-state index in [0.717, 1.165) is 0 Å². The fraction of sp³-hybridized carbons (Fsp3) is 0.0714. The topological polar surface area (TPSA) is 0 Å². The molecular formula is C56H40. The van der Waals surface area contributed by atoms with Crippen molar-refractivity contribution in [3.8, 4) is 0 Å². The summed E-state index contributed by atoms with van der Waals surface area (Å²) in [5.41, 5.74) is 11.7. The van der Waals surface area contributed by atoms with Gasteiger partial charge in [-0.2, -0.15) is 0 Å². The van der Waals surface area contributed by atoms with Gasteiger partial charge in [-0.1, -0.05) is 188 Å². The molecule has 0 aliphatic heterocycles. The van der Waals surface area contributed by atoms with E-state index in [1.807, 2.05) is 0 Å². The molecule has 0 nitrogen and oxygen atoms in total. The highest BCUT2D eigenvalue weighted by Gasteiger charge is 2.19. The number of hydrogen-bond donors (Lipinski definition) is 0. The molecule has 0 bridgehead atoms. The summed E-state index contributed by atoms with van der Waals surface area (Å²) in [5, 5.41) is 16.8. The second-order valence-electron chi connectivity index (χ2n) is 15.4. The normalized spacial score (nSPS) is 13.3. The molecule has 0 spiro atoms. The molecule has 10 aromatic carbocycles. The molecule has 0 aromatic heterocycles. The van der Waals surface area contributed by atoms with Gasteiger partial charge in [0, 0.05) is 0 Å². The largest absolute Gasteiger partial charge is 0.0616 e. The molecule has 264 valence electrons. The molecule has 56 heavy (non-hydrogen) atoms. The maximum Gasteiger partial charge on any atom is -0.00333 e. The smallest absolute Gasteiger partial charge is 0.00333 e. The minimum Gasteiger partial charge on any atom is -0.0616 e. The lowest BCUT2D eigenvalue weighted by Crippen LogP contribution is -1.83. The number of aryl methyl sites for hydroxylation is 4. The van der Waals surface area contributed by atoms with Crippen molar-refractivity contribution in [1.29, 1.82) is 0 Å². The molecule has 0 amide bonds. The quantitative estimate of drug-likeness (QED) is 0.108. The summed E-state index contributed by atoms with van der Waals surface area (Å²) in [6.45, 7) is 0. The minimum atomic E-state index is 1.21. The van der Waals surface area contributed by atoms with Crippen LogP contribution < -0.4 is 0 Å². The van der Waals surface area contributed by atoms with Gasteiger partial charge in [0.1, 0.15) is 0 Å². The highest BCUT2D eigenvalue weighted by molar-refractivity contribution is 6.09. The number of rotatable bonds is 0. The van der Waals surface area contributed by atoms with Gasteiger partial charge in [-0.05, 0) is 141 Å². The first-order valence-corrected chi connectivity index (χ1v) is 20.0. The van der Waals surface area contributed by atoms with Crippen LogP contribution in [0.3, 0.4) is 0 Å². The SMILES string of the molecule is C1=Cc2ccc3c4c(ccc1c24)CC3.C1=Cc2cccc3cccc1c23.c1ccc2c(c1)ccc1ccccc12.c1ccc2c3c4c(cccc4cc2c1)CC3. The molecule has 0 unspecified atom stereocenters. The van der Waals surface area contributed by atoms with Crippen LogP contribution in [0.15, 0.2) is 170 Å². The molecule has 0 heteroatoms. The van der Waals surface area contributed by atoms with Gasteiger partial charge in [0.25, 0.3) is 0 Å². The standard InChI is InChI=1S/C16H12.2C14H10.C12H8/c1-2-7-14-12(4-1)10-13-6-3-5-11-8-9-15(14)16(11)13;1-2-10-7-8-12-4-3-11-6-5-9(1)13(10)14(11)12;1-3-7-13-11(5-1)9-10-12-6-2-4-8-14(12)13;1-3-9-4-2-6-11-8-7-10(5-1)12(9)11/h1-7,10H,8-9H2;1-2,5-8H,3-4H2;1-10H;1-8H. The lowest BCUT2D eigenvalue weighted by Gasteiger charge is -2.06. The molecule has 0 saturated carbocycles. The van der Waals surface area contributed by atoms with Gasteiger partial charge in [-0.15, -0.1) is 0 Å². The van der Waals surface area contributed by atoms with Gasteiger partial charge < -0.3 is 0 Å². The predicted molar refractivity (Wildman–Crippen MR) is 243 cm³/mol. The Labute approximate surface area is 327 Å². The van der Waals surface area contributed by atoms with E-state index in [1.54, 1.807) is 22.1 Å². The van der Waals surface area contributed by atoms with Gasteiger partial charge in [0.15, 0.2) is 0 Å². The number of hydrogen-bond acceptors (Lipinski definition) is 0. The van der Waals surface area contributed by atoms with Crippen molar-refractivity contribution in [3.63, 3.8) is 0 Å². The van der Waals surface area contributed by atoms with Crippen molar-refractivity contribution in [2.45, 2.75) is 25.7 Å². The average Bonchev–Trinajstić information content (AvgIpc) is 4.08. The summed E-state index contributed by atoms with van der Waals surface area (Å²) in [7, 11) is 0. The van der Waals surface area contributed by atoms with E-state index in [9.17, 15) is 0 Å². The molecule has 4 aliphatic carbocycles. The second kappa shape index (κ2) is 13.5. The molecule has 0 heterocycles. The van der Waals surface area contributed by atoms with E-state index < -0.39 is 0 Å². The van der Waals surface area contributed by atoms with E-state index in [-0.39, 0.29) is 0 Å². The highest BCUT2D eigenvalue weighted by Crippen LogP contribution is 2.39. The van der Waals surface area contributed by atoms with Crippen LogP contribution >= 0.6 is 0 Å². The minimum absolute atomic E-state index is 1.21. The molecule has 14 rings (SSSR count). The average molecular weight is 713 g/mol. The van der Waals surface area contributed by atoms with Gasteiger partial charge in [-0.3, -0.25) is 0 Å². The fourth-order valence-electron chi connectivity index (χ4n) is 9.69. The molecule has 0 N–H and O–H groups in total. The maximum absolute atomic E-state index is 2.32. The van der Waals surface area contributed by atoms with Crippen molar-refractivity contribution in [2.75, 3.05) is 0 Å². The third-order valence-electron chi connectivity index (χ3n) is 12.3. The highest BCUT2D eigenvalue weighted by atomic mass is 14.2. The van der Waals surface area contributed by atoms with Gasteiger partial charge in [0.2, 0.25) is 0 Å². The summed E-state index contributed by atoms with van der Waals surface area (Å²) in [6, 6.07) is 61.1. The van der Waals surface area contributed by atoms with Crippen molar-refractivity contribution in [2.24, 2.45) is 0 Å². The number of benzene rings is 10. The lowest BCUT2D eigenvalue weighted by molar-refractivity contribution is 1.02. The van der Waals surface area contributed by atoms with Crippen molar-refractivity contribution in [3.05, 3.63) is 214 Å². The Morgan fingerprint density at radius 2 is 0.714 bits per heavy atom. The van der Waals surface area contributed by atoms with E-state index in [1.165, 1.54) is 113 Å². The Kier molecular flexibility index (Phi) is 7.88. The van der Waals surface area contributed by atoms with Crippen LogP contribution in [0.2, 0.25) is 0 Å². The third-order valence-corrected chi connectivity index (χ3v) is 12.3. The molecule has 0 fully saturated rings. The Morgan fingerprint density at radius 3 is 1.34 bits per heavy atom. The third kappa shape index (κ3) is 5.52. The lowest BCUT2D eigenvalue weighted by atomic mass is 9.98. The molecule has 0 atom stereocenters. The van der Waals surface area contributed by atoms with E-state index in [0.29, 0.717) is 0 Å². The first-order chi connectivity index (χ1) is 27.8. The molecule has 0 saturated heterocycles. The summed E-state index contributed by atoms with van der Waals surface area (Å²) in [5.74, 6) is 0. The summed E-state index contributed by atoms with van der Waals surface area (Å²) >= 11 is 0. The summed E-state index contributed by atoms with van der Waals surface area (Å²) < 4.78 is 0. The first kappa shape index (κ1) is 32.7. The molecule has 10 aromatic rings. The molecular weight excluding hydrogens is 673 g/mol. The first-order valence-electron chi connectivity index (χ1n) is 20.0. The van der Waals surface area contributed by atoms with Crippen molar-refractivity contribution < 1.29 is 0 Å². The Balaban J connectivity index is 0.0000000868. The molecule has 0 radical (unpaired) electrons. The van der Waals surface area contributed by atoms with Crippen LogP contribution in [-0.4, -0.2) is 0 Å². The van der Waals surface area contributed by atoms with Crippen molar-refractivity contribution in [1.82, 2.24) is 0 Å². The van der Waals surface area contributed by atoms with Gasteiger partial charge in [-0.25, -0.2) is 0 Å². The fourth-order valence-corrected chi connectivity index (χ4v) is 9.69. The zero-order valence-corrected chi connectivity index (χ0v) is 31.3. The number of fused-ring (bicyclic) bond motifs is 5. The zero-order chi connectivity index (χ0) is 37.0.